The van der Waals surface area contributed by atoms with Gasteiger partial charge in [0.25, 0.3) is 5.91 Å². The third kappa shape index (κ3) is 4.28. The Bertz CT molecular complexity index is 924. The highest BCUT2D eigenvalue weighted by Gasteiger charge is 2.14. The van der Waals surface area contributed by atoms with E-state index < -0.39 is 0 Å². The summed E-state index contributed by atoms with van der Waals surface area (Å²) in [5, 5.41) is 16.4. The third-order valence-electron chi connectivity index (χ3n) is 4.40. The molecular formula is C21H25N3O3. The Balaban J connectivity index is 1.54. The first kappa shape index (κ1) is 18.9. The summed E-state index contributed by atoms with van der Waals surface area (Å²) in [4.78, 5) is 12.4. The molecule has 0 saturated heterocycles. The topological polar surface area (TPSA) is 75.9 Å². The van der Waals surface area contributed by atoms with E-state index in [9.17, 15) is 9.90 Å². The van der Waals surface area contributed by atoms with Gasteiger partial charge in [0.15, 0.2) is 0 Å². The minimum absolute atomic E-state index is 0.108. The fraction of sp³-hybridized carbons (Fsp3) is 0.333. The van der Waals surface area contributed by atoms with Crippen LogP contribution in [0.4, 0.5) is 0 Å². The van der Waals surface area contributed by atoms with Crippen molar-refractivity contribution < 1.29 is 14.6 Å². The molecule has 27 heavy (non-hydrogen) atoms. The van der Waals surface area contributed by atoms with Gasteiger partial charge in [-0.3, -0.25) is 4.79 Å². The molecule has 0 aliphatic carbocycles. The van der Waals surface area contributed by atoms with Gasteiger partial charge in [0.2, 0.25) is 0 Å². The average molecular weight is 367 g/mol. The van der Waals surface area contributed by atoms with Crippen LogP contribution in [0.15, 0.2) is 48.7 Å². The zero-order valence-corrected chi connectivity index (χ0v) is 15.9. The Morgan fingerprint density at radius 1 is 1.19 bits per heavy atom. The predicted molar refractivity (Wildman–Crippen MR) is 104 cm³/mol. The van der Waals surface area contributed by atoms with Crippen LogP contribution < -0.4 is 10.1 Å². The molecule has 0 aliphatic heterocycles. The molecular weight excluding hydrogens is 342 g/mol. The van der Waals surface area contributed by atoms with Crippen LogP contribution in [0, 0.1) is 0 Å². The molecule has 2 aromatic heterocycles. The van der Waals surface area contributed by atoms with Gasteiger partial charge in [-0.1, -0.05) is 39.0 Å². The van der Waals surface area contributed by atoms with Crippen molar-refractivity contribution in [2.75, 3.05) is 13.2 Å². The number of carbonyl (C=O) groups is 1. The van der Waals surface area contributed by atoms with Crippen molar-refractivity contribution in [2.24, 2.45) is 0 Å². The molecule has 0 bridgehead atoms. The fourth-order valence-electron chi connectivity index (χ4n) is 2.84. The number of ether oxygens (including phenoxy) is 1. The number of nitrogens with one attached hydrogen (secondary N) is 1. The third-order valence-corrected chi connectivity index (χ3v) is 4.40. The van der Waals surface area contributed by atoms with Gasteiger partial charge in [-0.05, 0) is 35.2 Å². The van der Waals surface area contributed by atoms with Gasteiger partial charge in [-0.15, -0.1) is 0 Å². The number of nitrogens with zero attached hydrogens (tertiary/aromatic N) is 2. The van der Waals surface area contributed by atoms with Crippen molar-refractivity contribution in [3.63, 3.8) is 0 Å². The van der Waals surface area contributed by atoms with E-state index in [1.54, 1.807) is 22.7 Å². The van der Waals surface area contributed by atoms with E-state index >= 15 is 0 Å². The zero-order valence-electron chi connectivity index (χ0n) is 15.9. The zero-order chi connectivity index (χ0) is 19.4. The van der Waals surface area contributed by atoms with Gasteiger partial charge >= 0.3 is 0 Å². The summed E-state index contributed by atoms with van der Waals surface area (Å²) >= 11 is 0. The number of fused-ring (bicyclic) bond motifs is 1. The molecule has 0 atom stereocenters. The van der Waals surface area contributed by atoms with Gasteiger partial charge in [-0.25, -0.2) is 4.52 Å². The van der Waals surface area contributed by atoms with Crippen LogP contribution in [0.25, 0.3) is 5.52 Å². The van der Waals surface area contributed by atoms with E-state index in [1.807, 2.05) is 12.1 Å². The molecule has 3 rings (SSSR count). The molecule has 2 N–H and O–H groups in total. The van der Waals surface area contributed by atoms with E-state index in [4.69, 9.17) is 4.74 Å². The Labute approximate surface area is 158 Å². The van der Waals surface area contributed by atoms with Crippen molar-refractivity contribution in [3.05, 3.63) is 65.5 Å². The number of hydrogen-bond donors (Lipinski definition) is 2. The highest BCUT2D eigenvalue weighted by atomic mass is 16.5. The Morgan fingerprint density at radius 3 is 2.59 bits per heavy atom. The van der Waals surface area contributed by atoms with Gasteiger partial charge < -0.3 is 15.2 Å². The minimum Gasteiger partial charge on any atom is -0.492 e. The van der Waals surface area contributed by atoms with Crippen LogP contribution in [0.2, 0.25) is 0 Å². The average Bonchev–Trinajstić information content (AvgIpc) is 3.09. The summed E-state index contributed by atoms with van der Waals surface area (Å²) < 4.78 is 7.27. The highest BCUT2D eigenvalue weighted by Crippen LogP contribution is 2.24. The maximum absolute atomic E-state index is 12.4. The molecule has 0 unspecified atom stereocenters. The largest absolute Gasteiger partial charge is 0.492 e. The monoisotopic (exact) mass is 367 g/mol. The van der Waals surface area contributed by atoms with Crippen LogP contribution in [-0.4, -0.2) is 33.8 Å². The quantitative estimate of drug-likeness (QED) is 0.657. The summed E-state index contributed by atoms with van der Waals surface area (Å²) in [7, 11) is 0. The van der Waals surface area contributed by atoms with Crippen LogP contribution in [0.5, 0.6) is 5.75 Å². The van der Waals surface area contributed by atoms with Crippen LogP contribution >= 0.6 is 0 Å². The van der Waals surface area contributed by atoms with E-state index in [1.165, 1.54) is 11.8 Å². The maximum Gasteiger partial charge on any atom is 0.255 e. The number of hydrogen-bond acceptors (Lipinski definition) is 4. The second kappa shape index (κ2) is 7.80. The first-order valence-electron chi connectivity index (χ1n) is 8.98. The molecule has 0 spiro atoms. The normalized spacial score (nSPS) is 11.6. The lowest BCUT2D eigenvalue weighted by Gasteiger charge is -2.19. The lowest BCUT2D eigenvalue weighted by molar-refractivity contribution is 0.0948. The van der Waals surface area contributed by atoms with Gasteiger partial charge in [-0.2, -0.15) is 5.10 Å². The molecule has 0 radical (unpaired) electrons. The lowest BCUT2D eigenvalue weighted by atomic mass is 9.87. The second-order valence-corrected chi connectivity index (χ2v) is 7.41. The number of aliphatic hydroxyl groups is 1. The summed E-state index contributed by atoms with van der Waals surface area (Å²) in [5.74, 6) is 0.563. The summed E-state index contributed by atoms with van der Waals surface area (Å²) in [6, 6.07) is 13.4. The van der Waals surface area contributed by atoms with Crippen LogP contribution in [0.1, 0.15) is 42.4 Å². The Kier molecular flexibility index (Phi) is 5.46. The number of carbonyl (C=O) groups excluding carboxylic acids is 1. The standard InChI is InChI=1S/C21H25N3O3/c1-21(2,3)15-7-9-17(10-8-15)27-12-11-22-20(26)18-13-23-24-16(14-25)5-4-6-19(18)24/h4-10,13,25H,11-12,14H2,1-3H3,(H,22,26). The number of benzene rings is 1. The van der Waals surface area contributed by atoms with Crippen molar-refractivity contribution >= 4 is 11.4 Å². The van der Waals surface area contributed by atoms with Crippen molar-refractivity contribution in [1.82, 2.24) is 14.9 Å². The molecule has 142 valence electrons. The van der Waals surface area contributed by atoms with Crippen molar-refractivity contribution in [2.45, 2.75) is 32.8 Å². The number of pyridine rings is 1. The number of rotatable bonds is 6. The molecule has 3 aromatic rings. The molecule has 6 nitrogen and oxygen atoms in total. The molecule has 6 heteroatoms. The minimum atomic E-state index is -0.216. The van der Waals surface area contributed by atoms with Gasteiger partial charge in [0, 0.05) is 0 Å². The summed E-state index contributed by atoms with van der Waals surface area (Å²) in [6.07, 6.45) is 1.51. The molecule has 1 aromatic carbocycles. The van der Waals surface area contributed by atoms with E-state index in [0.29, 0.717) is 29.9 Å². The number of aliphatic hydroxyl groups excluding tert-OH is 1. The van der Waals surface area contributed by atoms with Crippen molar-refractivity contribution in [3.8, 4) is 5.75 Å². The van der Waals surface area contributed by atoms with Crippen LogP contribution in [-0.2, 0) is 12.0 Å². The Morgan fingerprint density at radius 2 is 1.93 bits per heavy atom. The SMILES string of the molecule is CC(C)(C)c1ccc(OCCNC(=O)c2cnn3c(CO)cccc23)cc1. The first-order valence-corrected chi connectivity index (χ1v) is 8.98. The molecule has 0 saturated carbocycles. The van der Waals surface area contributed by atoms with E-state index in [0.717, 1.165) is 5.75 Å². The lowest BCUT2D eigenvalue weighted by Crippen LogP contribution is -2.28. The molecule has 2 heterocycles. The highest BCUT2D eigenvalue weighted by molar-refractivity contribution is 6.00. The van der Waals surface area contributed by atoms with E-state index in [2.05, 4.69) is 43.3 Å². The predicted octanol–water partition coefficient (Wildman–Crippen LogP) is 2.93. The van der Waals surface area contributed by atoms with Crippen LogP contribution in [0.3, 0.4) is 0 Å². The van der Waals surface area contributed by atoms with E-state index in [-0.39, 0.29) is 17.9 Å². The summed E-state index contributed by atoms with van der Waals surface area (Å²) in [5.41, 5.74) is 3.13. The smallest absolute Gasteiger partial charge is 0.255 e. The summed E-state index contributed by atoms with van der Waals surface area (Å²) in [6.45, 7) is 7.13. The first-order chi connectivity index (χ1) is 12.9. The van der Waals surface area contributed by atoms with Gasteiger partial charge in [0.1, 0.15) is 12.4 Å². The fourth-order valence-corrected chi connectivity index (χ4v) is 2.84. The maximum atomic E-state index is 12.4. The number of amides is 1. The second-order valence-electron chi connectivity index (χ2n) is 7.41. The molecule has 0 fully saturated rings. The number of aromatic nitrogens is 2. The Hall–Kier alpha value is -2.86. The van der Waals surface area contributed by atoms with Gasteiger partial charge in [0.05, 0.1) is 36.1 Å². The molecule has 1 amide bonds. The van der Waals surface area contributed by atoms with Crippen molar-refractivity contribution in [1.29, 1.82) is 0 Å². The molecule has 0 aliphatic rings.